The third-order valence-electron chi connectivity index (χ3n) is 4.93. The number of nitrogens with two attached hydrogens (primary N) is 1. The van der Waals surface area contributed by atoms with Crippen molar-refractivity contribution in [3.05, 3.63) is 0 Å². The lowest BCUT2D eigenvalue weighted by Crippen LogP contribution is -2.67. The zero-order chi connectivity index (χ0) is 12.5. The molecule has 2 rings (SSSR count). The van der Waals surface area contributed by atoms with Gasteiger partial charge in [0, 0.05) is 26.2 Å². The molecule has 98 valence electrons. The summed E-state index contributed by atoms with van der Waals surface area (Å²) in [6, 6.07) is 0. The van der Waals surface area contributed by atoms with E-state index in [0.29, 0.717) is 11.8 Å². The van der Waals surface area contributed by atoms with Gasteiger partial charge in [0.2, 0.25) is 5.91 Å². The summed E-state index contributed by atoms with van der Waals surface area (Å²) in [5.41, 5.74) is 5.40. The fraction of sp³-hybridized carbons (Fsp3) is 0.923. The molecule has 3 N–H and O–H groups in total. The number of amides is 1. The van der Waals surface area contributed by atoms with Crippen molar-refractivity contribution in [3.8, 4) is 0 Å². The summed E-state index contributed by atoms with van der Waals surface area (Å²) in [7, 11) is 0. The van der Waals surface area contributed by atoms with E-state index < -0.39 is 0 Å². The standard InChI is InChI=1S/C13H25N3O/c1-10-4-3-5-13(11(10)2,12(14)17)16-8-6-15-7-9-16/h10-11,15H,3-9H2,1-2H3,(H2,14,17). The van der Waals surface area contributed by atoms with E-state index in [0.717, 1.165) is 39.0 Å². The molecule has 0 bridgehead atoms. The van der Waals surface area contributed by atoms with E-state index in [4.69, 9.17) is 5.73 Å². The first-order valence-corrected chi connectivity index (χ1v) is 6.84. The van der Waals surface area contributed by atoms with Crippen LogP contribution in [0.4, 0.5) is 0 Å². The molecule has 1 heterocycles. The molecule has 3 atom stereocenters. The summed E-state index contributed by atoms with van der Waals surface area (Å²) in [6.07, 6.45) is 3.29. The summed E-state index contributed by atoms with van der Waals surface area (Å²) in [6.45, 7) is 8.28. The number of nitrogens with one attached hydrogen (secondary N) is 1. The number of hydrogen-bond donors (Lipinski definition) is 2. The van der Waals surface area contributed by atoms with Crippen molar-refractivity contribution in [2.75, 3.05) is 26.2 Å². The highest BCUT2D eigenvalue weighted by molar-refractivity contribution is 5.85. The first-order chi connectivity index (χ1) is 8.09. The van der Waals surface area contributed by atoms with Crippen LogP contribution in [0.1, 0.15) is 33.1 Å². The molecule has 1 aliphatic heterocycles. The second-order valence-electron chi connectivity index (χ2n) is 5.68. The normalized spacial score (nSPS) is 40.1. The smallest absolute Gasteiger partial charge is 0.238 e. The van der Waals surface area contributed by atoms with Gasteiger partial charge in [-0.25, -0.2) is 0 Å². The number of hydrogen-bond acceptors (Lipinski definition) is 3. The first-order valence-electron chi connectivity index (χ1n) is 6.84. The van der Waals surface area contributed by atoms with Crippen LogP contribution in [0, 0.1) is 11.8 Å². The van der Waals surface area contributed by atoms with Crippen molar-refractivity contribution < 1.29 is 4.79 Å². The van der Waals surface area contributed by atoms with Crippen LogP contribution < -0.4 is 11.1 Å². The van der Waals surface area contributed by atoms with Crippen molar-refractivity contribution in [1.82, 2.24) is 10.2 Å². The number of primary amides is 1. The SMILES string of the molecule is CC1CCCC(C(N)=O)(N2CCNCC2)C1C. The van der Waals surface area contributed by atoms with Gasteiger partial charge in [-0.1, -0.05) is 26.7 Å². The maximum Gasteiger partial charge on any atom is 0.238 e. The van der Waals surface area contributed by atoms with E-state index in [1.54, 1.807) is 0 Å². The van der Waals surface area contributed by atoms with Crippen LogP contribution in [0.25, 0.3) is 0 Å². The largest absolute Gasteiger partial charge is 0.368 e. The van der Waals surface area contributed by atoms with Crippen LogP contribution in [0.2, 0.25) is 0 Å². The average molecular weight is 239 g/mol. The van der Waals surface area contributed by atoms with Crippen LogP contribution in [-0.2, 0) is 4.79 Å². The van der Waals surface area contributed by atoms with E-state index in [2.05, 4.69) is 24.1 Å². The maximum absolute atomic E-state index is 12.1. The van der Waals surface area contributed by atoms with Crippen molar-refractivity contribution in [3.63, 3.8) is 0 Å². The van der Waals surface area contributed by atoms with Gasteiger partial charge in [-0.05, 0) is 18.3 Å². The monoisotopic (exact) mass is 239 g/mol. The lowest BCUT2D eigenvalue weighted by molar-refractivity contribution is -0.139. The minimum absolute atomic E-state index is 0.113. The number of carbonyl (C=O) groups excluding carboxylic acids is 1. The molecular weight excluding hydrogens is 214 g/mol. The fourth-order valence-electron chi connectivity index (χ4n) is 3.66. The van der Waals surface area contributed by atoms with E-state index in [1.165, 1.54) is 6.42 Å². The molecule has 0 spiro atoms. The van der Waals surface area contributed by atoms with Gasteiger partial charge in [0.25, 0.3) is 0 Å². The predicted molar refractivity (Wildman–Crippen MR) is 68.5 cm³/mol. The predicted octanol–water partition coefficient (Wildman–Crippen LogP) is 0.572. The van der Waals surface area contributed by atoms with Gasteiger partial charge in [-0.3, -0.25) is 9.69 Å². The maximum atomic E-state index is 12.1. The highest BCUT2D eigenvalue weighted by Gasteiger charge is 2.50. The molecule has 1 amide bonds. The Bertz CT molecular complexity index is 288. The zero-order valence-electron chi connectivity index (χ0n) is 11.0. The number of nitrogens with zero attached hydrogens (tertiary/aromatic N) is 1. The van der Waals surface area contributed by atoms with Gasteiger partial charge in [-0.15, -0.1) is 0 Å². The molecule has 3 unspecified atom stereocenters. The van der Waals surface area contributed by atoms with Crippen LogP contribution in [-0.4, -0.2) is 42.5 Å². The van der Waals surface area contributed by atoms with Gasteiger partial charge in [0.1, 0.15) is 5.54 Å². The van der Waals surface area contributed by atoms with Gasteiger partial charge < -0.3 is 11.1 Å². The quantitative estimate of drug-likeness (QED) is 0.741. The second-order valence-corrected chi connectivity index (χ2v) is 5.68. The fourth-order valence-corrected chi connectivity index (χ4v) is 3.66. The molecule has 17 heavy (non-hydrogen) atoms. The second kappa shape index (κ2) is 4.94. The van der Waals surface area contributed by atoms with E-state index in [1.807, 2.05) is 0 Å². The highest BCUT2D eigenvalue weighted by Crippen LogP contribution is 2.41. The molecule has 1 aliphatic carbocycles. The lowest BCUT2D eigenvalue weighted by atomic mass is 9.66. The zero-order valence-corrected chi connectivity index (χ0v) is 11.0. The number of rotatable bonds is 2. The van der Waals surface area contributed by atoms with Crippen molar-refractivity contribution in [1.29, 1.82) is 0 Å². The van der Waals surface area contributed by atoms with Crippen molar-refractivity contribution in [2.45, 2.75) is 38.6 Å². The van der Waals surface area contributed by atoms with Crippen LogP contribution in [0.15, 0.2) is 0 Å². The average Bonchev–Trinajstić information content (AvgIpc) is 2.33. The Hall–Kier alpha value is -0.610. The van der Waals surface area contributed by atoms with Gasteiger partial charge in [0.15, 0.2) is 0 Å². The van der Waals surface area contributed by atoms with Crippen molar-refractivity contribution >= 4 is 5.91 Å². The third-order valence-corrected chi connectivity index (χ3v) is 4.93. The molecule has 2 fully saturated rings. The summed E-state index contributed by atoms with van der Waals surface area (Å²) in [4.78, 5) is 14.4. The minimum Gasteiger partial charge on any atom is -0.368 e. The Morgan fingerprint density at radius 2 is 2.00 bits per heavy atom. The van der Waals surface area contributed by atoms with E-state index in [-0.39, 0.29) is 11.4 Å². The summed E-state index contributed by atoms with van der Waals surface area (Å²) in [5, 5.41) is 3.34. The molecule has 4 nitrogen and oxygen atoms in total. The topological polar surface area (TPSA) is 58.4 Å². The van der Waals surface area contributed by atoms with Gasteiger partial charge in [-0.2, -0.15) is 0 Å². The van der Waals surface area contributed by atoms with Crippen LogP contribution in [0.5, 0.6) is 0 Å². The third kappa shape index (κ3) is 2.08. The van der Waals surface area contributed by atoms with E-state index in [9.17, 15) is 4.79 Å². The van der Waals surface area contributed by atoms with Crippen molar-refractivity contribution in [2.24, 2.45) is 17.6 Å². The molecule has 1 saturated heterocycles. The lowest BCUT2D eigenvalue weighted by Gasteiger charge is -2.51. The van der Waals surface area contributed by atoms with Crippen LogP contribution in [0.3, 0.4) is 0 Å². The molecule has 1 saturated carbocycles. The Balaban J connectivity index is 2.26. The summed E-state index contributed by atoms with van der Waals surface area (Å²) >= 11 is 0. The summed E-state index contributed by atoms with van der Waals surface area (Å²) in [5.74, 6) is 0.844. The number of carbonyl (C=O) groups is 1. The first kappa shape index (κ1) is 12.8. The van der Waals surface area contributed by atoms with Gasteiger partial charge >= 0.3 is 0 Å². The molecule has 0 aromatic carbocycles. The van der Waals surface area contributed by atoms with E-state index >= 15 is 0 Å². The highest BCUT2D eigenvalue weighted by atomic mass is 16.1. The Labute approximate surface area is 104 Å². The molecule has 2 aliphatic rings. The minimum atomic E-state index is -0.389. The molecular formula is C13H25N3O. The van der Waals surface area contributed by atoms with Gasteiger partial charge in [0.05, 0.1) is 0 Å². The molecule has 4 heteroatoms. The van der Waals surface area contributed by atoms with Crippen LogP contribution >= 0.6 is 0 Å². The molecule has 0 aromatic heterocycles. The molecule has 0 radical (unpaired) electrons. The Kier molecular flexibility index (Phi) is 3.73. The summed E-state index contributed by atoms with van der Waals surface area (Å²) < 4.78 is 0. The number of piperazine rings is 1. The Morgan fingerprint density at radius 1 is 1.35 bits per heavy atom. The molecule has 0 aromatic rings. The Morgan fingerprint density at radius 3 is 2.59 bits per heavy atom.